The molecule has 10 heteroatoms. The number of hydrogen-bond donors (Lipinski definition) is 1. The van der Waals surface area contributed by atoms with E-state index in [9.17, 15) is 18.0 Å². The van der Waals surface area contributed by atoms with Crippen molar-refractivity contribution in [3.63, 3.8) is 0 Å². The lowest BCUT2D eigenvalue weighted by atomic mass is 10.2. The Bertz CT molecular complexity index is 1130. The molecule has 2 aromatic carbocycles. The Hall–Kier alpha value is -2.91. The van der Waals surface area contributed by atoms with Crippen LogP contribution in [0.3, 0.4) is 0 Å². The number of para-hydroxylation sites is 2. The predicted octanol–water partition coefficient (Wildman–Crippen LogP) is 4.31. The minimum absolute atomic E-state index is 0.0268. The van der Waals surface area contributed by atoms with Gasteiger partial charge in [-0.05, 0) is 37.4 Å². The summed E-state index contributed by atoms with van der Waals surface area (Å²) in [5.74, 6) is -0.225. The molecule has 1 fully saturated rings. The lowest BCUT2D eigenvalue weighted by Gasteiger charge is -2.33. The van der Waals surface area contributed by atoms with Gasteiger partial charge in [0.15, 0.2) is 11.5 Å². The van der Waals surface area contributed by atoms with Crippen molar-refractivity contribution < 1.29 is 18.0 Å². The van der Waals surface area contributed by atoms with E-state index in [4.69, 9.17) is 11.6 Å². The molecular formula is C21H19ClF3N5O. The molecule has 1 saturated heterocycles. The normalized spacial score (nSPS) is 15.3. The van der Waals surface area contributed by atoms with Gasteiger partial charge in [-0.25, -0.2) is 9.97 Å². The van der Waals surface area contributed by atoms with Gasteiger partial charge >= 0.3 is 6.18 Å². The number of alkyl halides is 3. The number of piperazine rings is 1. The van der Waals surface area contributed by atoms with Crippen molar-refractivity contribution >= 4 is 40.0 Å². The molecule has 1 amide bonds. The molecule has 0 spiro atoms. The number of likely N-dealkylation sites (N-methyl/N-ethyl adjacent to an activating group) is 1. The fraction of sp³-hybridized carbons (Fsp3) is 0.286. The van der Waals surface area contributed by atoms with Crippen molar-refractivity contribution in [3.8, 4) is 0 Å². The monoisotopic (exact) mass is 449 g/mol. The molecular weight excluding hydrogens is 431 g/mol. The summed E-state index contributed by atoms with van der Waals surface area (Å²) in [5.41, 5.74) is 0.181. The van der Waals surface area contributed by atoms with Gasteiger partial charge in [0, 0.05) is 31.9 Å². The molecule has 31 heavy (non-hydrogen) atoms. The van der Waals surface area contributed by atoms with Crippen LogP contribution in [0.5, 0.6) is 0 Å². The average molecular weight is 450 g/mol. The number of carbonyl (C=O) groups excluding carboxylic acids is 1. The topological polar surface area (TPSA) is 61.4 Å². The number of halogens is 4. The Morgan fingerprint density at radius 1 is 1.03 bits per heavy atom. The van der Waals surface area contributed by atoms with Gasteiger partial charge in [0.1, 0.15) is 0 Å². The SMILES string of the molecule is CN1CCN(c2nc3ccccc3nc2C(=O)Nc2ccc(Cl)c(C(F)(F)F)c2)CC1. The van der Waals surface area contributed by atoms with Crippen LogP contribution in [0.2, 0.25) is 5.02 Å². The minimum atomic E-state index is -4.63. The Morgan fingerprint density at radius 2 is 1.68 bits per heavy atom. The van der Waals surface area contributed by atoms with Crippen molar-refractivity contribution in [1.82, 2.24) is 14.9 Å². The fourth-order valence-corrected chi connectivity index (χ4v) is 3.62. The molecule has 1 aliphatic heterocycles. The van der Waals surface area contributed by atoms with Gasteiger partial charge in [0.2, 0.25) is 0 Å². The molecule has 1 N–H and O–H groups in total. The first kappa shape index (κ1) is 21.3. The summed E-state index contributed by atoms with van der Waals surface area (Å²) in [7, 11) is 2.01. The van der Waals surface area contributed by atoms with Crippen molar-refractivity contribution in [1.29, 1.82) is 0 Å². The maximum Gasteiger partial charge on any atom is 0.417 e. The van der Waals surface area contributed by atoms with Gasteiger partial charge in [0.25, 0.3) is 5.91 Å². The summed E-state index contributed by atoms with van der Waals surface area (Å²) in [4.78, 5) is 26.3. The highest BCUT2D eigenvalue weighted by molar-refractivity contribution is 6.31. The van der Waals surface area contributed by atoms with Crippen LogP contribution in [0.25, 0.3) is 11.0 Å². The largest absolute Gasteiger partial charge is 0.417 e. The van der Waals surface area contributed by atoms with E-state index in [2.05, 4.69) is 20.2 Å². The molecule has 3 aromatic rings. The third-order valence-corrected chi connectivity index (χ3v) is 5.43. The molecule has 0 radical (unpaired) electrons. The number of benzene rings is 2. The van der Waals surface area contributed by atoms with Crippen LogP contribution in [0.15, 0.2) is 42.5 Å². The molecule has 1 aliphatic rings. The summed E-state index contributed by atoms with van der Waals surface area (Å²) in [5, 5.41) is 2.08. The van der Waals surface area contributed by atoms with Crippen LogP contribution in [0.1, 0.15) is 16.1 Å². The van der Waals surface area contributed by atoms with Crippen LogP contribution >= 0.6 is 11.6 Å². The van der Waals surface area contributed by atoms with Gasteiger partial charge < -0.3 is 15.1 Å². The maximum absolute atomic E-state index is 13.2. The highest BCUT2D eigenvalue weighted by Crippen LogP contribution is 2.36. The highest BCUT2D eigenvalue weighted by atomic mass is 35.5. The summed E-state index contributed by atoms with van der Waals surface area (Å²) in [6.07, 6.45) is -4.63. The second-order valence-electron chi connectivity index (χ2n) is 7.32. The van der Waals surface area contributed by atoms with Crippen molar-refractivity contribution in [2.24, 2.45) is 0 Å². The van der Waals surface area contributed by atoms with Gasteiger partial charge in [0.05, 0.1) is 21.6 Å². The van der Waals surface area contributed by atoms with Crippen molar-refractivity contribution in [2.75, 3.05) is 43.4 Å². The van der Waals surface area contributed by atoms with Crippen LogP contribution in [0.4, 0.5) is 24.7 Å². The van der Waals surface area contributed by atoms with Crippen LogP contribution in [-0.2, 0) is 6.18 Å². The van der Waals surface area contributed by atoms with Crippen molar-refractivity contribution in [3.05, 3.63) is 58.7 Å². The first-order valence-corrected chi connectivity index (χ1v) is 9.98. The number of aromatic nitrogens is 2. The Balaban J connectivity index is 1.71. The number of fused-ring (bicyclic) bond motifs is 1. The summed E-state index contributed by atoms with van der Waals surface area (Å²) in [6, 6.07) is 10.4. The van der Waals surface area contributed by atoms with E-state index >= 15 is 0 Å². The van der Waals surface area contributed by atoms with Gasteiger partial charge in [-0.3, -0.25) is 4.79 Å². The zero-order valence-corrected chi connectivity index (χ0v) is 17.3. The van der Waals surface area contributed by atoms with E-state index in [0.717, 1.165) is 25.2 Å². The molecule has 0 unspecified atom stereocenters. The Morgan fingerprint density at radius 3 is 2.32 bits per heavy atom. The molecule has 1 aromatic heterocycles. The number of carbonyl (C=O) groups is 1. The lowest BCUT2D eigenvalue weighted by molar-refractivity contribution is -0.137. The van der Waals surface area contributed by atoms with Gasteiger partial charge in [-0.2, -0.15) is 13.2 Å². The van der Waals surface area contributed by atoms with Crippen LogP contribution < -0.4 is 10.2 Å². The smallest absolute Gasteiger partial charge is 0.352 e. The first-order valence-electron chi connectivity index (χ1n) is 9.61. The van der Waals surface area contributed by atoms with Crippen molar-refractivity contribution in [2.45, 2.75) is 6.18 Å². The summed E-state index contributed by atoms with van der Waals surface area (Å²) in [6.45, 7) is 2.90. The average Bonchev–Trinajstić information content (AvgIpc) is 2.74. The molecule has 162 valence electrons. The van der Waals surface area contributed by atoms with E-state index in [-0.39, 0.29) is 11.4 Å². The summed E-state index contributed by atoms with van der Waals surface area (Å²) >= 11 is 5.67. The maximum atomic E-state index is 13.2. The number of hydrogen-bond acceptors (Lipinski definition) is 5. The highest BCUT2D eigenvalue weighted by Gasteiger charge is 2.33. The third kappa shape index (κ3) is 4.57. The molecule has 4 rings (SSSR count). The first-order chi connectivity index (χ1) is 14.7. The van der Waals surface area contributed by atoms with Crippen LogP contribution in [0, 0.1) is 0 Å². The molecule has 0 atom stereocenters. The second kappa shape index (κ2) is 8.32. The minimum Gasteiger partial charge on any atom is -0.352 e. The number of amides is 1. The fourth-order valence-electron chi connectivity index (χ4n) is 3.39. The molecule has 0 bridgehead atoms. The number of nitrogens with one attached hydrogen (secondary N) is 1. The zero-order valence-electron chi connectivity index (χ0n) is 16.6. The Kier molecular flexibility index (Phi) is 5.72. The molecule has 0 aliphatic carbocycles. The standard InChI is InChI=1S/C21H19ClF3N5O/c1-29-8-10-30(11-9-29)19-18(27-16-4-2-3-5-17(16)28-19)20(31)26-13-6-7-15(22)14(12-13)21(23,24)25/h2-7,12H,8-11H2,1H3,(H,26,31). The van der Waals surface area contributed by atoms with E-state index in [0.29, 0.717) is 29.9 Å². The molecule has 2 heterocycles. The quantitative estimate of drug-likeness (QED) is 0.645. The zero-order chi connectivity index (χ0) is 22.2. The van der Waals surface area contributed by atoms with E-state index in [1.165, 1.54) is 6.07 Å². The van der Waals surface area contributed by atoms with Gasteiger partial charge in [-0.15, -0.1) is 0 Å². The van der Waals surface area contributed by atoms with Gasteiger partial charge in [-0.1, -0.05) is 23.7 Å². The third-order valence-electron chi connectivity index (χ3n) is 5.10. The van der Waals surface area contributed by atoms with E-state index < -0.39 is 22.7 Å². The number of anilines is 2. The molecule has 6 nitrogen and oxygen atoms in total. The molecule has 0 saturated carbocycles. The second-order valence-corrected chi connectivity index (χ2v) is 7.73. The summed E-state index contributed by atoms with van der Waals surface area (Å²) < 4.78 is 39.5. The number of nitrogens with zero attached hydrogens (tertiary/aromatic N) is 4. The predicted molar refractivity (Wildman–Crippen MR) is 114 cm³/mol. The Labute approximate surface area is 181 Å². The lowest BCUT2D eigenvalue weighted by Crippen LogP contribution is -2.45. The van der Waals surface area contributed by atoms with E-state index in [1.54, 1.807) is 18.2 Å². The number of rotatable bonds is 3. The van der Waals surface area contributed by atoms with Crippen LogP contribution in [-0.4, -0.2) is 54.0 Å². The van der Waals surface area contributed by atoms with E-state index in [1.807, 2.05) is 18.0 Å².